The first-order valence-electron chi connectivity index (χ1n) is 11.0. The lowest BCUT2D eigenvalue weighted by Crippen LogP contribution is -2.28. The van der Waals surface area contributed by atoms with Gasteiger partial charge < -0.3 is 0 Å². The Balaban J connectivity index is 1.72. The zero-order chi connectivity index (χ0) is 21.5. The molecule has 0 bridgehead atoms. The van der Waals surface area contributed by atoms with Crippen LogP contribution in [-0.2, 0) is 5.41 Å². The SMILES string of the molecule is [B]c1ccc(-c2ccc3c(c2)C(c2ccccc2)(c2ccccc2)c2ccccc2-3)cc1. The van der Waals surface area contributed by atoms with Gasteiger partial charge in [0.05, 0.1) is 5.41 Å². The molecule has 5 aromatic rings. The van der Waals surface area contributed by atoms with Crippen molar-refractivity contribution in [1.82, 2.24) is 0 Å². The van der Waals surface area contributed by atoms with Gasteiger partial charge in [-0.15, -0.1) is 0 Å². The molecule has 0 unspecified atom stereocenters. The van der Waals surface area contributed by atoms with Crippen LogP contribution in [0.15, 0.2) is 127 Å². The summed E-state index contributed by atoms with van der Waals surface area (Å²) >= 11 is 0. The molecule has 1 aliphatic rings. The zero-order valence-corrected chi connectivity index (χ0v) is 17.7. The second kappa shape index (κ2) is 7.39. The lowest BCUT2D eigenvalue weighted by molar-refractivity contribution is 0.769. The molecule has 0 N–H and O–H groups in total. The van der Waals surface area contributed by atoms with Crippen molar-refractivity contribution in [2.24, 2.45) is 0 Å². The van der Waals surface area contributed by atoms with Crippen molar-refractivity contribution in [3.05, 3.63) is 150 Å². The van der Waals surface area contributed by atoms with Crippen molar-refractivity contribution in [2.45, 2.75) is 5.41 Å². The number of fused-ring (bicyclic) bond motifs is 3. The van der Waals surface area contributed by atoms with Gasteiger partial charge in [-0.25, -0.2) is 0 Å². The maximum Gasteiger partial charge on any atom is 0.113 e. The molecule has 0 nitrogen and oxygen atoms in total. The smallest absolute Gasteiger partial charge is 0.0966 e. The summed E-state index contributed by atoms with van der Waals surface area (Å²) in [6.45, 7) is 0. The molecule has 5 aromatic carbocycles. The quantitative estimate of drug-likeness (QED) is 0.295. The van der Waals surface area contributed by atoms with Gasteiger partial charge in [0, 0.05) is 0 Å². The Labute approximate surface area is 190 Å². The Bertz CT molecular complexity index is 1360. The van der Waals surface area contributed by atoms with Crippen molar-refractivity contribution in [3.8, 4) is 22.3 Å². The van der Waals surface area contributed by atoms with Crippen molar-refractivity contribution < 1.29 is 0 Å². The van der Waals surface area contributed by atoms with E-state index in [0.717, 1.165) is 5.46 Å². The van der Waals surface area contributed by atoms with E-state index in [0.29, 0.717) is 0 Å². The Morgan fingerprint density at radius 3 is 1.62 bits per heavy atom. The fourth-order valence-corrected chi connectivity index (χ4v) is 5.30. The van der Waals surface area contributed by atoms with Crippen LogP contribution in [0.4, 0.5) is 0 Å². The minimum Gasteiger partial charge on any atom is -0.0966 e. The van der Waals surface area contributed by atoms with Gasteiger partial charge in [-0.2, -0.15) is 0 Å². The van der Waals surface area contributed by atoms with Crippen LogP contribution in [0.1, 0.15) is 22.3 Å². The van der Waals surface area contributed by atoms with E-state index in [-0.39, 0.29) is 5.41 Å². The van der Waals surface area contributed by atoms with Gasteiger partial charge in [0.2, 0.25) is 0 Å². The third kappa shape index (κ3) is 2.71. The molecule has 0 saturated heterocycles. The monoisotopic (exact) mass is 404 g/mol. The van der Waals surface area contributed by atoms with Crippen molar-refractivity contribution in [2.75, 3.05) is 0 Å². The molecule has 0 aliphatic heterocycles. The average molecular weight is 404 g/mol. The summed E-state index contributed by atoms with van der Waals surface area (Å²) in [5.41, 5.74) is 10.6. The molecule has 2 radical (unpaired) electrons. The van der Waals surface area contributed by atoms with Gasteiger partial charge in [0.15, 0.2) is 0 Å². The molecule has 0 aromatic heterocycles. The van der Waals surface area contributed by atoms with E-state index in [2.05, 4.69) is 115 Å². The van der Waals surface area contributed by atoms with Crippen LogP contribution in [0.3, 0.4) is 0 Å². The predicted molar refractivity (Wildman–Crippen MR) is 135 cm³/mol. The van der Waals surface area contributed by atoms with E-state index >= 15 is 0 Å². The summed E-state index contributed by atoms with van der Waals surface area (Å²) in [6, 6.07) is 45.7. The molecule has 0 fully saturated rings. The van der Waals surface area contributed by atoms with Crippen LogP contribution in [0.2, 0.25) is 0 Å². The minimum absolute atomic E-state index is 0.363. The molecule has 1 heteroatoms. The summed E-state index contributed by atoms with van der Waals surface area (Å²) in [5.74, 6) is 0. The maximum absolute atomic E-state index is 5.95. The molecule has 0 heterocycles. The summed E-state index contributed by atoms with van der Waals surface area (Å²) in [5, 5.41) is 0. The van der Waals surface area contributed by atoms with Gasteiger partial charge in [-0.1, -0.05) is 127 Å². The predicted octanol–water partition coefficient (Wildman–Crippen LogP) is 6.51. The highest BCUT2D eigenvalue weighted by atomic mass is 14.5. The van der Waals surface area contributed by atoms with Crippen LogP contribution in [0, 0.1) is 0 Å². The molecule has 148 valence electrons. The Hall–Kier alpha value is -3.84. The van der Waals surface area contributed by atoms with E-state index < -0.39 is 0 Å². The molecule has 6 rings (SSSR count). The lowest BCUT2D eigenvalue weighted by Gasteiger charge is -2.34. The van der Waals surface area contributed by atoms with Crippen molar-refractivity contribution in [3.63, 3.8) is 0 Å². The first kappa shape index (κ1) is 18.9. The van der Waals surface area contributed by atoms with Crippen LogP contribution in [-0.4, -0.2) is 7.85 Å². The standard InChI is InChI=1S/C31H21B/c32-26-18-15-22(16-19-26)23-17-20-28-27-13-7-8-14-29(27)31(30(28)21-23,24-9-3-1-4-10-24)25-11-5-2-6-12-25/h1-21H. The van der Waals surface area contributed by atoms with Crippen LogP contribution >= 0.6 is 0 Å². The van der Waals surface area contributed by atoms with E-state index in [1.807, 2.05) is 12.1 Å². The zero-order valence-electron chi connectivity index (χ0n) is 17.7. The molecule has 0 saturated carbocycles. The Morgan fingerprint density at radius 2 is 0.969 bits per heavy atom. The highest BCUT2D eigenvalue weighted by Gasteiger charge is 2.45. The second-order valence-electron chi connectivity index (χ2n) is 8.41. The third-order valence-electron chi connectivity index (χ3n) is 6.70. The van der Waals surface area contributed by atoms with Gasteiger partial charge in [0.25, 0.3) is 0 Å². The molecule has 0 spiro atoms. The maximum atomic E-state index is 5.95. The summed E-state index contributed by atoms with van der Waals surface area (Å²) in [4.78, 5) is 0. The third-order valence-corrected chi connectivity index (χ3v) is 6.70. The summed E-state index contributed by atoms with van der Waals surface area (Å²) in [7, 11) is 5.95. The highest BCUT2D eigenvalue weighted by Crippen LogP contribution is 2.56. The largest absolute Gasteiger partial charge is 0.113 e. The van der Waals surface area contributed by atoms with Crippen LogP contribution in [0.5, 0.6) is 0 Å². The number of benzene rings is 5. The van der Waals surface area contributed by atoms with Gasteiger partial charge in [0.1, 0.15) is 7.85 Å². The summed E-state index contributed by atoms with van der Waals surface area (Å²) < 4.78 is 0. The topological polar surface area (TPSA) is 0 Å². The Kier molecular flexibility index (Phi) is 4.36. The van der Waals surface area contributed by atoms with E-state index in [9.17, 15) is 0 Å². The van der Waals surface area contributed by atoms with Gasteiger partial charge in [-0.3, -0.25) is 0 Å². The molecule has 0 atom stereocenters. The first-order chi connectivity index (χ1) is 15.8. The van der Waals surface area contributed by atoms with Crippen molar-refractivity contribution in [1.29, 1.82) is 0 Å². The molecular formula is C31H21B. The molecule has 32 heavy (non-hydrogen) atoms. The minimum atomic E-state index is -0.363. The highest BCUT2D eigenvalue weighted by molar-refractivity contribution is 6.32. The summed E-state index contributed by atoms with van der Waals surface area (Å²) in [6.07, 6.45) is 0. The second-order valence-corrected chi connectivity index (χ2v) is 8.41. The fourth-order valence-electron chi connectivity index (χ4n) is 5.30. The normalized spacial score (nSPS) is 13.4. The van der Waals surface area contributed by atoms with Gasteiger partial charge >= 0.3 is 0 Å². The molecule has 0 amide bonds. The Morgan fingerprint density at radius 1 is 0.438 bits per heavy atom. The van der Waals surface area contributed by atoms with Crippen molar-refractivity contribution >= 4 is 13.3 Å². The number of hydrogen-bond acceptors (Lipinski definition) is 0. The van der Waals surface area contributed by atoms with E-state index in [4.69, 9.17) is 7.85 Å². The molecular weight excluding hydrogens is 383 g/mol. The molecule has 1 aliphatic carbocycles. The fraction of sp³-hybridized carbons (Fsp3) is 0.0323. The lowest BCUT2D eigenvalue weighted by atomic mass is 9.67. The van der Waals surface area contributed by atoms with E-state index in [1.165, 1.54) is 44.5 Å². The van der Waals surface area contributed by atoms with Crippen LogP contribution in [0.25, 0.3) is 22.3 Å². The number of hydrogen-bond donors (Lipinski definition) is 0. The van der Waals surface area contributed by atoms with Gasteiger partial charge in [-0.05, 0) is 50.6 Å². The van der Waals surface area contributed by atoms with Crippen LogP contribution < -0.4 is 5.46 Å². The first-order valence-corrected chi connectivity index (χ1v) is 11.0. The average Bonchev–Trinajstić information content (AvgIpc) is 3.16. The number of rotatable bonds is 3. The van der Waals surface area contributed by atoms with E-state index in [1.54, 1.807) is 0 Å².